The van der Waals surface area contributed by atoms with Gasteiger partial charge in [0.25, 0.3) is 11.8 Å². The van der Waals surface area contributed by atoms with Gasteiger partial charge in [0.1, 0.15) is 61.8 Å². The van der Waals surface area contributed by atoms with E-state index in [2.05, 4.69) is 53.2 Å². The summed E-state index contributed by atoms with van der Waals surface area (Å²) in [7, 11) is 0. The van der Waals surface area contributed by atoms with Gasteiger partial charge in [0.2, 0.25) is 59.1 Å². The van der Waals surface area contributed by atoms with E-state index in [4.69, 9.17) is 85.3 Å². The summed E-state index contributed by atoms with van der Waals surface area (Å²) in [5.41, 5.74) is -1.55. The van der Waals surface area contributed by atoms with Crippen molar-refractivity contribution in [1.29, 1.82) is 0 Å². The second-order valence-corrected chi connectivity index (χ2v) is 33.0. The molecule has 4 rings (SSSR count). The van der Waals surface area contributed by atoms with Crippen LogP contribution >= 0.6 is 0 Å². The second-order valence-electron chi connectivity index (χ2n) is 33.0. The fraction of sp³-hybridized carbons (Fsp3) is 0.742. The number of esters is 9. The predicted molar refractivity (Wildman–Crippen MR) is 475 cm³/mol. The first-order valence-electron chi connectivity index (χ1n) is 46.3. The van der Waals surface area contributed by atoms with E-state index < -0.39 is 224 Å². The van der Waals surface area contributed by atoms with Gasteiger partial charge in [-0.2, -0.15) is 0 Å². The zero-order valence-corrected chi connectivity index (χ0v) is 81.1. The molecular weight excluding hydrogens is 1850 g/mol. The average Bonchev–Trinajstić information content (AvgIpc) is 1.13. The highest BCUT2D eigenvalue weighted by atomic mass is 16.7. The summed E-state index contributed by atoms with van der Waals surface area (Å²) in [4.78, 5) is 264. The molecule has 139 heavy (non-hydrogen) atoms. The van der Waals surface area contributed by atoms with E-state index in [9.17, 15) is 101 Å². The van der Waals surface area contributed by atoms with Crippen molar-refractivity contribution in [2.45, 2.75) is 303 Å². The van der Waals surface area contributed by atoms with E-state index >= 15 is 0 Å². The lowest BCUT2D eigenvalue weighted by Gasteiger charge is -2.44. The Morgan fingerprint density at radius 1 is 0.295 bits per heavy atom. The first kappa shape index (κ1) is 120. The maximum Gasteiger partial charge on any atom is 0.303 e. The Morgan fingerprint density at radius 3 is 0.806 bits per heavy atom. The van der Waals surface area contributed by atoms with Crippen LogP contribution in [-0.4, -0.2) is 352 Å². The van der Waals surface area contributed by atoms with E-state index in [0.29, 0.717) is 77.0 Å². The number of nitrogens with zero attached hydrogens (tertiary/aromatic N) is 1. The molecule has 15 unspecified atom stereocenters. The number of hydrogen-bond acceptors (Lipinski definition) is 39. The quantitative estimate of drug-likeness (QED) is 0.0135. The second kappa shape index (κ2) is 66.1. The van der Waals surface area contributed by atoms with Crippen molar-refractivity contribution >= 4 is 125 Å². The van der Waals surface area contributed by atoms with E-state index in [1.807, 2.05) is 0 Å². The summed E-state index contributed by atoms with van der Waals surface area (Å²) in [5, 5.41) is 27.4. The molecule has 0 aliphatic carbocycles. The molecule has 0 saturated carbocycles. The molecule has 0 spiro atoms. The molecule has 0 bridgehead atoms. The maximum atomic E-state index is 14.0. The van der Waals surface area contributed by atoms with Crippen molar-refractivity contribution in [2.24, 2.45) is 0 Å². The Kier molecular flexibility index (Phi) is 57.0. The number of nitrogens with one attached hydrogen (secondary N) is 10. The molecule has 0 aromatic heterocycles. The van der Waals surface area contributed by atoms with Crippen LogP contribution in [0.15, 0.2) is 12.2 Å². The number of imide groups is 1. The predicted octanol–water partition coefficient (Wildman–Crippen LogP) is -2.06. The van der Waals surface area contributed by atoms with Crippen LogP contribution in [0.2, 0.25) is 0 Å². The number of rotatable bonds is 67. The average molecular weight is 1990 g/mol. The third-order valence-electron chi connectivity index (χ3n) is 20.6. The monoisotopic (exact) mass is 1990 g/mol. The molecule has 10 N–H and O–H groups in total. The molecule has 4 aliphatic rings. The van der Waals surface area contributed by atoms with Gasteiger partial charge >= 0.3 is 53.7 Å². The van der Waals surface area contributed by atoms with Gasteiger partial charge in [-0.25, -0.2) is 0 Å². The summed E-state index contributed by atoms with van der Waals surface area (Å²) in [6, 6.07) is -3.54. The van der Waals surface area contributed by atoms with E-state index in [1.54, 1.807) is 0 Å². The molecule has 3 fully saturated rings. The lowest BCUT2D eigenvalue weighted by Crippen LogP contribution is -2.66. The van der Waals surface area contributed by atoms with Crippen LogP contribution in [0.25, 0.3) is 0 Å². The van der Waals surface area contributed by atoms with Crippen LogP contribution in [0, 0.1) is 0 Å². The minimum absolute atomic E-state index is 0.0250. The summed E-state index contributed by atoms with van der Waals surface area (Å²) in [6.07, 6.45) is -9.62. The molecule has 15 atom stereocenters. The summed E-state index contributed by atoms with van der Waals surface area (Å²) in [5.74, 6) is -12.1. The third-order valence-corrected chi connectivity index (χ3v) is 20.6. The molecule has 4 heterocycles. The summed E-state index contributed by atoms with van der Waals surface area (Å²) in [6.45, 7) is 11.7. The minimum atomic E-state index is -1.55. The van der Waals surface area contributed by atoms with E-state index in [1.165, 1.54) is 20.8 Å². The smallest absolute Gasteiger partial charge is 0.303 e. The molecule has 784 valence electrons. The van der Waals surface area contributed by atoms with Crippen LogP contribution in [-0.2, 0) is 186 Å². The Labute approximate surface area is 805 Å². The van der Waals surface area contributed by atoms with Crippen molar-refractivity contribution in [3.63, 3.8) is 0 Å². The Hall–Kier alpha value is -11.6. The van der Waals surface area contributed by atoms with Gasteiger partial charge in [0.15, 0.2) is 55.5 Å². The van der Waals surface area contributed by atoms with Gasteiger partial charge in [-0.3, -0.25) is 106 Å². The molecule has 0 aromatic carbocycles. The number of amides is 12. The number of hydrogen-bond donors (Lipinski definition) is 10. The highest BCUT2D eigenvalue weighted by Gasteiger charge is 2.55. The van der Waals surface area contributed by atoms with Gasteiger partial charge in [-0.05, 0) is 70.6 Å². The third kappa shape index (κ3) is 50.2. The van der Waals surface area contributed by atoms with Gasteiger partial charge in [0, 0.05) is 206 Å². The van der Waals surface area contributed by atoms with Gasteiger partial charge in [-0.1, -0.05) is 6.42 Å². The number of unbranched alkanes of at least 4 members (excludes halogenated alkanes) is 5. The van der Waals surface area contributed by atoms with Gasteiger partial charge in [0.05, 0.1) is 39.6 Å². The van der Waals surface area contributed by atoms with Crippen LogP contribution in [0.3, 0.4) is 0 Å². The van der Waals surface area contributed by atoms with Crippen molar-refractivity contribution in [3.05, 3.63) is 12.2 Å². The summed E-state index contributed by atoms with van der Waals surface area (Å²) >= 11 is 0. The van der Waals surface area contributed by atoms with Crippen molar-refractivity contribution < 1.29 is 186 Å². The van der Waals surface area contributed by atoms with Crippen molar-refractivity contribution in [1.82, 2.24) is 58.1 Å². The first-order chi connectivity index (χ1) is 66.0. The molecule has 50 nitrogen and oxygen atoms in total. The van der Waals surface area contributed by atoms with Gasteiger partial charge in [-0.15, -0.1) is 0 Å². The van der Waals surface area contributed by atoms with Crippen molar-refractivity contribution in [3.8, 4) is 0 Å². The standard InChI is InChI=1S/C89H139N11O39/c1-53(101)96-77-83(134-62(10)110)80(131-59(7)107)65(47-128-56(4)104)137-86(77)125-41-19-15-25-68(113)90-34-22-37-93-71(116)31-44-122-50-89(99-74(119)28-14-13-18-40-100-75(120)29-30-76(100)121,51-123-45-32-72(117)94-38-23-35-91-69(114)26-16-20-42-126-87-78(97-54(2)102)84(135-63(11)111)81(132-60(8)108)66(138-87)48-129-57(5)105)52-124-46-33-73(118)95-39-24-36-92-70(115)27-17-21-43-127-88-79(98-55(3)103)85(136-64(12)112)82(133-61(9)109)67(139-88)49-130-58(6)106/h29-30,65-67,77-88H,13-28,31-52H2,1-12H3,(H,90,113)(H,91,114)(H,92,115)(H,93,116)(H,94,117)(H,95,118)(H,96,101)(H,97,102)(H,98,103)(H,99,119). The van der Waals surface area contributed by atoms with Crippen LogP contribution in [0.5, 0.6) is 0 Å². The van der Waals surface area contributed by atoms with E-state index in [0.717, 1.165) is 79.4 Å². The molecular formula is C89H139N11O39. The normalized spacial score (nSPS) is 21.8. The SMILES string of the molecule is CC(=O)NC1C(OCCCCC(=O)NCCCNC(=O)CCOCC(COCCC(=O)NCCCNC(=O)CCCCOC2OC(COC(C)=O)C(OC(C)=O)C(OC(C)=O)C2NC(C)=O)(COCCC(=O)NCCCNC(=O)CCCCOC2OC(COC(C)=O)C(OC(C)=O)C(OC(C)=O)C2NC(C)=O)NC(=O)CCCCCN2C(=O)C=CC2=O)OC(COC(C)=O)C(OC(C)=O)C1OC(C)=O. The molecule has 4 aliphatic heterocycles. The fourth-order valence-corrected chi connectivity index (χ4v) is 14.5. The lowest BCUT2D eigenvalue weighted by molar-refractivity contribution is -0.277. The Bertz CT molecular complexity index is 3720. The van der Waals surface area contributed by atoms with Crippen LogP contribution in [0.4, 0.5) is 0 Å². The first-order valence-corrected chi connectivity index (χ1v) is 46.3. The molecule has 50 heteroatoms. The largest absolute Gasteiger partial charge is 0.463 e. The Morgan fingerprint density at radius 2 is 0.547 bits per heavy atom. The number of carbonyl (C=O) groups excluding carboxylic acids is 21. The van der Waals surface area contributed by atoms with Crippen LogP contribution < -0.4 is 53.2 Å². The highest BCUT2D eigenvalue weighted by Crippen LogP contribution is 2.32. The van der Waals surface area contributed by atoms with Crippen LogP contribution in [0.1, 0.15) is 205 Å². The van der Waals surface area contributed by atoms with E-state index in [-0.39, 0.29) is 168 Å². The Balaban J connectivity index is 1.36. The molecule has 12 amide bonds. The number of ether oxygens (including phenoxy) is 18. The maximum absolute atomic E-state index is 14.0. The van der Waals surface area contributed by atoms with Crippen molar-refractivity contribution in [2.75, 3.05) is 125 Å². The topological polar surface area (TPSA) is 648 Å². The fourth-order valence-electron chi connectivity index (χ4n) is 14.5. The lowest BCUT2D eigenvalue weighted by atomic mass is 9.96. The number of carbonyl (C=O) groups is 21. The van der Waals surface area contributed by atoms with Gasteiger partial charge < -0.3 is 138 Å². The minimum Gasteiger partial charge on any atom is -0.463 e. The molecule has 0 aromatic rings. The zero-order valence-electron chi connectivity index (χ0n) is 81.1. The molecule has 0 radical (unpaired) electrons. The highest BCUT2D eigenvalue weighted by molar-refractivity contribution is 6.12. The molecule has 3 saturated heterocycles. The summed E-state index contributed by atoms with van der Waals surface area (Å²) < 4.78 is 102. The zero-order chi connectivity index (χ0) is 103.